The van der Waals surface area contributed by atoms with Crippen LogP contribution >= 0.6 is 0 Å². The molecular formula is C15H22N4O5. The molecule has 2 fully saturated rings. The lowest BCUT2D eigenvalue weighted by molar-refractivity contribution is -0.0549. The zero-order chi connectivity index (χ0) is 17.1. The lowest BCUT2D eigenvalue weighted by atomic mass is 10.1. The molecule has 0 bridgehead atoms. The van der Waals surface area contributed by atoms with E-state index < -0.39 is 36.8 Å². The molecule has 0 amide bonds. The summed E-state index contributed by atoms with van der Waals surface area (Å²) in [6.07, 6.45) is 2.00. The first-order chi connectivity index (χ1) is 11.6. The van der Waals surface area contributed by atoms with Gasteiger partial charge in [0.15, 0.2) is 12.0 Å². The van der Waals surface area contributed by atoms with Gasteiger partial charge in [0.05, 0.1) is 12.9 Å². The largest absolute Gasteiger partial charge is 0.394 e. The molecule has 2 aliphatic rings. The van der Waals surface area contributed by atoms with E-state index in [1.165, 1.54) is 18.7 Å². The summed E-state index contributed by atoms with van der Waals surface area (Å²) in [5.74, 6) is 0.272. The summed E-state index contributed by atoms with van der Waals surface area (Å²) >= 11 is 0. The fourth-order valence-corrected chi connectivity index (χ4v) is 2.95. The topological polar surface area (TPSA) is 120 Å². The van der Waals surface area contributed by atoms with Gasteiger partial charge in [-0.3, -0.25) is 4.57 Å². The van der Waals surface area contributed by atoms with Crippen LogP contribution in [-0.4, -0.2) is 74.1 Å². The maximum Gasteiger partial charge on any atom is 0.351 e. The van der Waals surface area contributed by atoms with Crippen LogP contribution in [0, 0.1) is 0 Å². The molecule has 3 heterocycles. The molecule has 4 atom stereocenters. The maximum atomic E-state index is 12.2. The van der Waals surface area contributed by atoms with Crippen LogP contribution in [0.3, 0.4) is 0 Å². The minimum absolute atomic E-state index is 0.272. The fourth-order valence-electron chi connectivity index (χ4n) is 2.95. The normalized spacial score (nSPS) is 31.0. The van der Waals surface area contributed by atoms with Crippen molar-refractivity contribution in [3.63, 3.8) is 0 Å². The quantitative estimate of drug-likeness (QED) is 0.476. The lowest BCUT2D eigenvalue weighted by Gasteiger charge is -2.23. The summed E-state index contributed by atoms with van der Waals surface area (Å²) in [6, 6.07) is 1.54. The van der Waals surface area contributed by atoms with Gasteiger partial charge in [0, 0.05) is 19.3 Å². The molecule has 9 heteroatoms. The standard InChI is InChI=1S/C15H22N4O5/c20-8-10-12(21)13(22)14(24-10)19-7-4-11(17-15(19)23)16-9-18-5-2-1-3-6-18/h4,7,9-10,12-14,20-22H,1-3,5-6,8H2. The number of aliphatic hydroxyl groups is 3. The molecule has 1 aromatic rings. The molecule has 1 aromatic heterocycles. The molecule has 2 saturated heterocycles. The van der Waals surface area contributed by atoms with Gasteiger partial charge in [-0.05, 0) is 25.3 Å². The minimum Gasteiger partial charge on any atom is -0.394 e. The first-order valence-corrected chi connectivity index (χ1v) is 8.10. The summed E-state index contributed by atoms with van der Waals surface area (Å²) < 4.78 is 6.41. The van der Waals surface area contributed by atoms with Gasteiger partial charge in [0.1, 0.15) is 18.3 Å². The Morgan fingerprint density at radius 2 is 2.04 bits per heavy atom. The Balaban J connectivity index is 1.73. The molecule has 2 aliphatic heterocycles. The van der Waals surface area contributed by atoms with Crippen molar-refractivity contribution in [3.8, 4) is 0 Å². The van der Waals surface area contributed by atoms with Gasteiger partial charge in [-0.15, -0.1) is 0 Å². The van der Waals surface area contributed by atoms with Crippen LogP contribution in [0.25, 0.3) is 0 Å². The highest BCUT2D eigenvalue weighted by atomic mass is 16.6. The van der Waals surface area contributed by atoms with E-state index in [2.05, 4.69) is 14.9 Å². The van der Waals surface area contributed by atoms with Gasteiger partial charge in [-0.25, -0.2) is 9.79 Å². The van der Waals surface area contributed by atoms with E-state index in [-0.39, 0.29) is 5.82 Å². The molecule has 3 N–H and O–H groups in total. The second-order valence-electron chi connectivity index (χ2n) is 6.05. The summed E-state index contributed by atoms with van der Waals surface area (Å²) in [4.78, 5) is 22.3. The molecule has 0 spiro atoms. The zero-order valence-corrected chi connectivity index (χ0v) is 13.2. The van der Waals surface area contributed by atoms with Crippen molar-refractivity contribution < 1.29 is 20.1 Å². The van der Waals surface area contributed by atoms with Crippen LogP contribution in [0.15, 0.2) is 22.1 Å². The Bertz CT molecular complexity index is 643. The number of aliphatic hydroxyl groups excluding tert-OH is 3. The van der Waals surface area contributed by atoms with Crippen LogP contribution in [0.1, 0.15) is 25.5 Å². The van der Waals surface area contributed by atoms with E-state index in [9.17, 15) is 15.0 Å². The van der Waals surface area contributed by atoms with Gasteiger partial charge in [0.25, 0.3) is 0 Å². The van der Waals surface area contributed by atoms with Crippen molar-refractivity contribution in [2.45, 2.75) is 43.8 Å². The average molecular weight is 338 g/mol. The number of ether oxygens (including phenoxy) is 1. The Hall–Kier alpha value is -1.81. The molecule has 0 radical (unpaired) electrons. The Labute approximate surface area is 138 Å². The van der Waals surface area contributed by atoms with Gasteiger partial charge < -0.3 is 25.0 Å². The number of nitrogens with zero attached hydrogens (tertiary/aromatic N) is 4. The highest BCUT2D eigenvalue weighted by Crippen LogP contribution is 2.28. The second kappa shape index (κ2) is 7.39. The molecule has 0 aliphatic carbocycles. The van der Waals surface area contributed by atoms with Crippen molar-refractivity contribution in [2.24, 2.45) is 4.99 Å². The summed E-state index contributed by atoms with van der Waals surface area (Å²) in [5, 5.41) is 28.8. The third-order valence-electron chi connectivity index (χ3n) is 4.35. The molecule has 0 saturated carbocycles. The summed E-state index contributed by atoms with van der Waals surface area (Å²) in [7, 11) is 0. The van der Waals surface area contributed by atoms with Crippen molar-refractivity contribution in [3.05, 3.63) is 22.7 Å². The first kappa shape index (κ1) is 17.0. The van der Waals surface area contributed by atoms with Crippen LogP contribution in [0.2, 0.25) is 0 Å². The van der Waals surface area contributed by atoms with E-state index in [0.29, 0.717) is 0 Å². The number of hydrogen-bond donors (Lipinski definition) is 3. The van der Waals surface area contributed by atoms with Crippen LogP contribution in [-0.2, 0) is 4.74 Å². The molecule has 24 heavy (non-hydrogen) atoms. The number of likely N-dealkylation sites (tertiary alicyclic amines) is 1. The van der Waals surface area contributed by atoms with E-state index in [4.69, 9.17) is 9.84 Å². The van der Waals surface area contributed by atoms with Crippen molar-refractivity contribution >= 4 is 12.2 Å². The Morgan fingerprint density at radius 1 is 1.29 bits per heavy atom. The number of aliphatic imine (C=N–C) groups is 1. The van der Waals surface area contributed by atoms with E-state index in [1.54, 1.807) is 6.34 Å². The molecule has 132 valence electrons. The number of hydrogen-bond acceptors (Lipinski definition) is 7. The predicted molar refractivity (Wildman–Crippen MR) is 85.1 cm³/mol. The third-order valence-corrected chi connectivity index (χ3v) is 4.35. The molecule has 0 aromatic carbocycles. The number of piperidine rings is 1. The Kier molecular flexibility index (Phi) is 5.24. The first-order valence-electron chi connectivity index (χ1n) is 8.10. The van der Waals surface area contributed by atoms with E-state index in [1.807, 2.05) is 0 Å². The number of aromatic nitrogens is 2. The van der Waals surface area contributed by atoms with Crippen LogP contribution < -0.4 is 5.69 Å². The SMILES string of the molecule is O=c1nc(N=CN2CCCCC2)ccn1C1OC(CO)C(O)C1O. The number of rotatable bonds is 4. The van der Waals surface area contributed by atoms with Crippen molar-refractivity contribution in [2.75, 3.05) is 19.7 Å². The Morgan fingerprint density at radius 3 is 2.67 bits per heavy atom. The summed E-state index contributed by atoms with van der Waals surface area (Å²) in [6.45, 7) is 1.45. The van der Waals surface area contributed by atoms with E-state index >= 15 is 0 Å². The van der Waals surface area contributed by atoms with Crippen molar-refractivity contribution in [1.82, 2.24) is 14.5 Å². The molecule has 9 nitrogen and oxygen atoms in total. The molecular weight excluding hydrogens is 316 g/mol. The van der Waals surface area contributed by atoms with Crippen LogP contribution in [0.4, 0.5) is 5.82 Å². The lowest BCUT2D eigenvalue weighted by Crippen LogP contribution is -2.35. The van der Waals surface area contributed by atoms with Crippen LogP contribution in [0.5, 0.6) is 0 Å². The highest BCUT2D eigenvalue weighted by molar-refractivity contribution is 5.59. The highest BCUT2D eigenvalue weighted by Gasteiger charge is 2.43. The monoisotopic (exact) mass is 338 g/mol. The smallest absolute Gasteiger partial charge is 0.351 e. The van der Waals surface area contributed by atoms with Gasteiger partial charge in [0.2, 0.25) is 0 Å². The van der Waals surface area contributed by atoms with Crippen molar-refractivity contribution in [1.29, 1.82) is 0 Å². The second-order valence-corrected chi connectivity index (χ2v) is 6.05. The van der Waals surface area contributed by atoms with E-state index in [0.717, 1.165) is 30.5 Å². The zero-order valence-electron chi connectivity index (χ0n) is 13.2. The fraction of sp³-hybridized carbons (Fsp3) is 0.667. The predicted octanol–water partition coefficient (Wildman–Crippen LogP) is -0.999. The van der Waals surface area contributed by atoms with Gasteiger partial charge in [-0.2, -0.15) is 4.98 Å². The maximum absolute atomic E-state index is 12.2. The minimum atomic E-state index is -1.32. The summed E-state index contributed by atoms with van der Waals surface area (Å²) in [5.41, 5.74) is -0.641. The van der Waals surface area contributed by atoms with Gasteiger partial charge >= 0.3 is 5.69 Å². The third kappa shape index (κ3) is 3.48. The average Bonchev–Trinajstić information content (AvgIpc) is 2.89. The molecule has 3 rings (SSSR count). The molecule has 4 unspecified atom stereocenters. The van der Waals surface area contributed by atoms with Gasteiger partial charge in [-0.1, -0.05) is 0 Å².